The average molecular weight is 266 g/mol. The smallest absolute Gasteiger partial charge is 0.126 e. The van der Waals surface area contributed by atoms with Crippen molar-refractivity contribution in [3.63, 3.8) is 0 Å². The van der Waals surface area contributed by atoms with Gasteiger partial charge >= 0.3 is 0 Å². The van der Waals surface area contributed by atoms with Gasteiger partial charge < -0.3 is 20.1 Å². The molecule has 0 amide bonds. The maximum atomic E-state index is 5.45. The number of aryl methyl sites for hydroxylation is 1. The van der Waals surface area contributed by atoms with Gasteiger partial charge in [0.15, 0.2) is 0 Å². The summed E-state index contributed by atoms with van der Waals surface area (Å²) < 4.78 is 10.7. The summed E-state index contributed by atoms with van der Waals surface area (Å²) in [4.78, 5) is 0. The molecule has 2 N–H and O–H groups in total. The molecule has 4 nitrogen and oxygen atoms in total. The van der Waals surface area contributed by atoms with Crippen molar-refractivity contribution in [3.8, 4) is 11.5 Å². The van der Waals surface area contributed by atoms with E-state index in [9.17, 15) is 0 Å². The molecule has 0 aromatic heterocycles. The molecule has 108 valence electrons. The molecule has 1 aromatic rings. The molecule has 1 rings (SSSR count). The highest BCUT2D eigenvalue weighted by Crippen LogP contribution is 2.28. The fourth-order valence-electron chi connectivity index (χ4n) is 2.10. The molecule has 0 heterocycles. The minimum atomic E-state index is 0.847. The zero-order valence-electron chi connectivity index (χ0n) is 12.5. The van der Waals surface area contributed by atoms with E-state index in [1.807, 2.05) is 13.1 Å². The molecule has 0 radical (unpaired) electrons. The summed E-state index contributed by atoms with van der Waals surface area (Å²) in [6, 6.07) is 4.00. The Bertz CT molecular complexity index is 381. The van der Waals surface area contributed by atoms with Crippen LogP contribution in [0.25, 0.3) is 0 Å². The van der Waals surface area contributed by atoms with Crippen LogP contribution in [0.5, 0.6) is 11.5 Å². The van der Waals surface area contributed by atoms with Gasteiger partial charge in [0.05, 0.1) is 14.2 Å². The number of nitrogens with one attached hydrogen (secondary N) is 2. The van der Waals surface area contributed by atoms with Gasteiger partial charge in [-0.1, -0.05) is 0 Å². The van der Waals surface area contributed by atoms with E-state index >= 15 is 0 Å². The van der Waals surface area contributed by atoms with Crippen molar-refractivity contribution in [1.29, 1.82) is 0 Å². The lowest BCUT2D eigenvalue weighted by atomic mass is 10.0. The van der Waals surface area contributed by atoms with Crippen LogP contribution in [0.4, 0.5) is 0 Å². The quantitative estimate of drug-likeness (QED) is 0.668. The lowest BCUT2D eigenvalue weighted by Gasteiger charge is -2.14. The summed E-state index contributed by atoms with van der Waals surface area (Å²) in [5, 5.41) is 6.59. The van der Waals surface area contributed by atoms with Gasteiger partial charge in [-0.25, -0.2) is 0 Å². The van der Waals surface area contributed by atoms with Crippen LogP contribution < -0.4 is 20.1 Å². The highest BCUT2D eigenvalue weighted by molar-refractivity contribution is 5.46. The van der Waals surface area contributed by atoms with Crippen LogP contribution in [-0.2, 0) is 6.42 Å². The number of hydrogen-bond acceptors (Lipinski definition) is 4. The molecular weight excluding hydrogens is 240 g/mol. The Hall–Kier alpha value is -1.26. The summed E-state index contributed by atoms with van der Waals surface area (Å²) in [5.74, 6) is 1.76. The first-order valence-corrected chi connectivity index (χ1v) is 6.79. The second-order valence-electron chi connectivity index (χ2n) is 4.58. The SMILES string of the molecule is CNCCCNCCc1c(C)cc(OC)cc1OC. The summed E-state index contributed by atoms with van der Waals surface area (Å²) in [7, 11) is 5.36. The predicted molar refractivity (Wildman–Crippen MR) is 79.4 cm³/mol. The fraction of sp³-hybridized carbons (Fsp3) is 0.600. The maximum Gasteiger partial charge on any atom is 0.126 e. The predicted octanol–water partition coefficient (Wildman–Crippen LogP) is 1.75. The number of methoxy groups -OCH3 is 2. The molecule has 0 atom stereocenters. The Morgan fingerprint density at radius 3 is 2.47 bits per heavy atom. The number of rotatable bonds is 9. The van der Waals surface area contributed by atoms with E-state index in [1.165, 1.54) is 11.1 Å². The van der Waals surface area contributed by atoms with Gasteiger partial charge in [0, 0.05) is 6.07 Å². The van der Waals surface area contributed by atoms with E-state index in [1.54, 1.807) is 14.2 Å². The van der Waals surface area contributed by atoms with Crippen LogP contribution in [0.3, 0.4) is 0 Å². The first-order chi connectivity index (χ1) is 9.22. The molecule has 0 bridgehead atoms. The van der Waals surface area contributed by atoms with E-state index in [0.717, 1.165) is 44.0 Å². The van der Waals surface area contributed by atoms with Crippen molar-refractivity contribution in [2.75, 3.05) is 40.9 Å². The molecule has 0 fully saturated rings. The van der Waals surface area contributed by atoms with E-state index in [0.29, 0.717) is 0 Å². The molecular formula is C15H26N2O2. The minimum absolute atomic E-state index is 0.847. The Kier molecular flexibility index (Phi) is 7.30. The van der Waals surface area contributed by atoms with Crippen molar-refractivity contribution in [2.45, 2.75) is 19.8 Å². The average Bonchev–Trinajstić information content (AvgIpc) is 2.43. The second kappa shape index (κ2) is 8.77. The third-order valence-electron chi connectivity index (χ3n) is 3.19. The zero-order chi connectivity index (χ0) is 14.1. The Balaban J connectivity index is 2.52. The standard InChI is InChI=1S/C15H26N2O2/c1-12-10-13(18-3)11-15(19-4)14(12)6-9-17-8-5-7-16-2/h10-11,16-17H,5-9H2,1-4H3. The van der Waals surface area contributed by atoms with Crippen molar-refractivity contribution in [2.24, 2.45) is 0 Å². The van der Waals surface area contributed by atoms with Crippen molar-refractivity contribution in [1.82, 2.24) is 10.6 Å². The first-order valence-electron chi connectivity index (χ1n) is 6.79. The van der Waals surface area contributed by atoms with Crippen molar-refractivity contribution >= 4 is 0 Å². The molecule has 1 aromatic carbocycles. The van der Waals surface area contributed by atoms with Gasteiger partial charge in [0.25, 0.3) is 0 Å². The van der Waals surface area contributed by atoms with Gasteiger partial charge in [-0.3, -0.25) is 0 Å². The molecule has 0 saturated carbocycles. The first kappa shape index (κ1) is 15.8. The summed E-state index contributed by atoms with van der Waals surface area (Å²) >= 11 is 0. The van der Waals surface area contributed by atoms with Crippen molar-refractivity contribution in [3.05, 3.63) is 23.3 Å². The minimum Gasteiger partial charge on any atom is -0.497 e. The normalized spacial score (nSPS) is 10.5. The van der Waals surface area contributed by atoms with Gasteiger partial charge in [-0.05, 0) is 63.6 Å². The zero-order valence-corrected chi connectivity index (χ0v) is 12.5. The Morgan fingerprint density at radius 1 is 1.05 bits per heavy atom. The Labute approximate surface area is 116 Å². The third kappa shape index (κ3) is 5.09. The molecule has 0 aliphatic rings. The largest absolute Gasteiger partial charge is 0.497 e. The van der Waals surface area contributed by atoms with Crippen molar-refractivity contribution < 1.29 is 9.47 Å². The lowest BCUT2D eigenvalue weighted by molar-refractivity contribution is 0.390. The maximum absolute atomic E-state index is 5.45. The monoisotopic (exact) mass is 266 g/mol. The fourth-order valence-corrected chi connectivity index (χ4v) is 2.10. The van der Waals surface area contributed by atoms with E-state index < -0.39 is 0 Å². The van der Waals surface area contributed by atoms with Gasteiger partial charge in [0.2, 0.25) is 0 Å². The van der Waals surface area contributed by atoms with Crippen LogP contribution in [0.1, 0.15) is 17.5 Å². The molecule has 19 heavy (non-hydrogen) atoms. The highest BCUT2D eigenvalue weighted by Gasteiger charge is 2.08. The molecule has 0 spiro atoms. The Morgan fingerprint density at radius 2 is 1.84 bits per heavy atom. The topological polar surface area (TPSA) is 42.5 Å². The summed E-state index contributed by atoms with van der Waals surface area (Å²) in [6.07, 6.45) is 2.12. The number of ether oxygens (including phenoxy) is 2. The van der Waals surface area contributed by atoms with Crippen LogP contribution >= 0.6 is 0 Å². The second-order valence-corrected chi connectivity index (χ2v) is 4.58. The molecule has 0 aliphatic carbocycles. The van der Waals surface area contributed by atoms with Crippen LogP contribution in [0.15, 0.2) is 12.1 Å². The van der Waals surface area contributed by atoms with Gasteiger partial charge in [-0.2, -0.15) is 0 Å². The van der Waals surface area contributed by atoms with Gasteiger partial charge in [0.1, 0.15) is 11.5 Å². The molecule has 0 saturated heterocycles. The van der Waals surface area contributed by atoms with E-state index in [4.69, 9.17) is 9.47 Å². The summed E-state index contributed by atoms with van der Waals surface area (Å²) in [5.41, 5.74) is 2.47. The van der Waals surface area contributed by atoms with Crippen LogP contribution in [-0.4, -0.2) is 40.9 Å². The van der Waals surface area contributed by atoms with Crippen LogP contribution in [0, 0.1) is 6.92 Å². The van der Waals surface area contributed by atoms with Crippen LogP contribution in [0.2, 0.25) is 0 Å². The summed E-state index contributed by atoms with van der Waals surface area (Å²) in [6.45, 7) is 5.16. The molecule has 0 unspecified atom stereocenters. The number of benzene rings is 1. The highest BCUT2D eigenvalue weighted by atomic mass is 16.5. The van der Waals surface area contributed by atoms with Gasteiger partial charge in [-0.15, -0.1) is 0 Å². The lowest BCUT2D eigenvalue weighted by Crippen LogP contribution is -2.22. The molecule has 0 aliphatic heterocycles. The third-order valence-corrected chi connectivity index (χ3v) is 3.19. The number of hydrogen-bond donors (Lipinski definition) is 2. The van der Waals surface area contributed by atoms with E-state index in [-0.39, 0.29) is 0 Å². The van der Waals surface area contributed by atoms with E-state index in [2.05, 4.69) is 23.6 Å². The molecule has 4 heteroatoms.